The van der Waals surface area contributed by atoms with Gasteiger partial charge >= 0.3 is 18.4 Å². The largest absolute Gasteiger partial charge is 0.569 e. The van der Waals surface area contributed by atoms with Crippen LogP contribution in [0.4, 0.5) is 22.8 Å². The molecule has 0 saturated heterocycles. The minimum Gasteiger partial charge on any atom is -0.569 e. The molecule has 1 amide bonds. The van der Waals surface area contributed by atoms with Gasteiger partial charge in [0.1, 0.15) is 0 Å². The van der Waals surface area contributed by atoms with Gasteiger partial charge in [-0.1, -0.05) is 29.8 Å². The van der Waals surface area contributed by atoms with Gasteiger partial charge < -0.3 is 19.4 Å². The second-order valence-electron chi connectivity index (χ2n) is 10.6. The normalized spacial score (nSPS) is 12.7. The number of alkyl halides is 3. The number of unbranched alkanes of at least 4 members (excludes halogenated alkanes) is 1. The zero-order valence-corrected chi connectivity index (χ0v) is 27.4. The number of carbonyl (C=O) groups excluding carboxylic acids is 2. The van der Waals surface area contributed by atoms with E-state index in [9.17, 15) is 36.4 Å². The topological polar surface area (TPSA) is 177 Å². The lowest BCUT2D eigenvalue weighted by Crippen LogP contribution is -2.31. The first-order chi connectivity index (χ1) is 22.5. The average Bonchev–Trinajstić information content (AvgIpc) is 3.46. The van der Waals surface area contributed by atoms with Crippen molar-refractivity contribution < 1.29 is 55.2 Å². The second kappa shape index (κ2) is 16.2. The fourth-order valence-electron chi connectivity index (χ4n) is 3.85. The Morgan fingerprint density at radius 3 is 2.31 bits per heavy atom. The maximum absolute atomic E-state index is 13.5. The molecule has 0 radical (unpaired) electrons. The second-order valence-corrected chi connectivity index (χ2v) is 12.2. The molecule has 15 nitrogen and oxygen atoms in total. The molecule has 0 aliphatic rings. The third kappa shape index (κ3) is 11.0. The number of aryl methyl sites for hydroxylation is 1. The number of benzene rings is 2. The number of halogens is 3. The molecule has 1 N–H and O–H groups in total. The number of ether oxygens (including phenoxy) is 3. The summed E-state index contributed by atoms with van der Waals surface area (Å²) in [6.07, 6.45) is -7.98. The summed E-state index contributed by atoms with van der Waals surface area (Å²) in [6.45, 7) is 6.37. The minimum absolute atomic E-state index is 0.115. The molecule has 262 valence electrons. The summed E-state index contributed by atoms with van der Waals surface area (Å²) in [7, 11) is -3.00. The smallest absolute Gasteiger partial charge is 0.511 e. The number of carbonyl (C=O) groups is 2. The Morgan fingerprint density at radius 1 is 1.06 bits per heavy atom. The number of nitrogens with one attached hydrogen (secondary N) is 1. The van der Waals surface area contributed by atoms with E-state index in [1.807, 2.05) is 6.92 Å². The molecule has 0 saturated carbocycles. The highest BCUT2D eigenvalue weighted by molar-refractivity contribution is 7.90. The maximum atomic E-state index is 13.5. The highest BCUT2D eigenvalue weighted by Crippen LogP contribution is 2.33. The predicted octanol–water partition coefficient (Wildman–Crippen LogP) is 5.71. The lowest BCUT2D eigenvalue weighted by atomic mass is 10.1. The van der Waals surface area contributed by atoms with Gasteiger partial charge in [0, 0.05) is 12.5 Å². The Bertz CT molecular complexity index is 1680. The van der Waals surface area contributed by atoms with Crippen molar-refractivity contribution in [1.29, 1.82) is 0 Å². The van der Waals surface area contributed by atoms with Crippen LogP contribution in [0.5, 0.6) is 0 Å². The summed E-state index contributed by atoms with van der Waals surface area (Å²) in [5.74, 6) is 0. The number of nitrogens with zero attached hydrogens (tertiary/aromatic N) is 5. The van der Waals surface area contributed by atoms with Gasteiger partial charge in [-0.05, 0) is 63.9 Å². The quantitative estimate of drug-likeness (QED) is 0.0544. The average molecular weight is 701 g/mol. The van der Waals surface area contributed by atoms with E-state index in [1.165, 1.54) is 26.1 Å². The standard InChI is InChI=1S/C29H35F3N6O9S/c1-19(2)45-28(40)46-21(4)47-35-38(41)36(5)16-6-7-17-44-27(39)34-48(42,43)24-14-12-23(13-15-24)37-25(18-26(33-37)29(30,31)32)22-10-8-20(3)9-11-22/h8-15,18-19,21H,6-7,16-17H2,1-5H3,(H,34,39). The highest BCUT2D eigenvalue weighted by atomic mass is 32.2. The molecule has 0 aliphatic carbocycles. The van der Waals surface area contributed by atoms with E-state index in [0.29, 0.717) is 12.0 Å². The van der Waals surface area contributed by atoms with E-state index in [0.717, 1.165) is 33.5 Å². The van der Waals surface area contributed by atoms with Crippen LogP contribution in [-0.2, 0) is 35.2 Å². The SMILES string of the molecule is Cc1ccc(-c2cc(C(F)(F)F)nn2-c2ccc(S(=O)(=O)NC(=O)OCCCCN(C)[N+]([O-])=NOC(C)OC(=O)OC(C)C)cc2)cc1. The lowest BCUT2D eigenvalue weighted by molar-refractivity contribution is -0.707. The Kier molecular flexibility index (Phi) is 12.6. The molecule has 0 aliphatic heterocycles. The van der Waals surface area contributed by atoms with E-state index in [-0.39, 0.29) is 40.8 Å². The van der Waals surface area contributed by atoms with E-state index in [1.54, 1.807) is 42.8 Å². The van der Waals surface area contributed by atoms with Crippen molar-refractivity contribution in [2.45, 2.75) is 64.0 Å². The van der Waals surface area contributed by atoms with Gasteiger partial charge in [0.05, 0.1) is 47.5 Å². The van der Waals surface area contributed by atoms with Gasteiger partial charge in [0.15, 0.2) is 5.69 Å². The number of rotatable bonds is 14. The molecule has 1 unspecified atom stereocenters. The van der Waals surface area contributed by atoms with Crippen LogP contribution in [0, 0.1) is 12.1 Å². The molecule has 2 aromatic carbocycles. The predicted molar refractivity (Wildman–Crippen MR) is 162 cm³/mol. The minimum atomic E-state index is -4.71. The fraction of sp³-hybridized carbons (Fsp3) is 0.414. The number of hydrogen-bond acceptors (Lipinski definition) is 11. The van der Waals surface area contributed by atoms with Crippen LogP contribution in [0.15, 0.2) is 64.8 Å². The van der Waals surface area contributed by atoms with Crippen molar-refractivity contribution in [1.82, 2.24) is 19.5 Å². The number of aromatic nitrogens is 2. The van der Waals surface area contributed by atoms with Crippen molar-refractivity contribution in [2.24, 2.45) is 5.28 Å². The van der Waals surface area contributed by atoms with Crippen LogP contribution in [0.1, 0.15) is 44.9 Å². The zero-order valence-electron chi connectivity index (χ0n) is 26.6. The first-order valence-electron chi connectivity index (χ1n) is 14.4. The summed E-state index contributed by atoms with van der Waals surface area (Å²) < 4.78 is 83.2. The van der Waals surface area contributed by atoms with Crippen molar-refractivity contribution in [3.05, 3.63) is 71.1 Å². The molecule has 0 bridgehead atoms. The molecule has 0 fully saturated rings. The number of sulfonamides is 1. The molecular weight excluding hydrogens is 665 g/mol. The van der Waals surface area contributed by atoms with Crippen molar-refractivity contribution in [2.75, 3.05) is 20.2 Å². The Balaban J connectivity index is 1.51. The van der Waals surface area contributed by atoms with E-state index >= 15 is 0 Å². The molecule has 0 spiro atoms. The first-order valence-corrected chi connectivity index (χ1v) is 15.9. The molecule has 19 heteroatoms. The van der Waals surface area contributed by atoms with E-state index < -0.39 is 46.5 Å². The molecular formula is C29H35F3N6O9S. The van der Waals surface area contributed by atoms with Gasteiger partial charge in [-0.3, -0.25) is 4.84 Å². The molecule has 3 aromatic rings. The highest BCUT2D eigenvalue weighted by Gasteiger charge is 2.35. The molecule has 1 aromatic heterocycles. The number of amides is 1. The summed E-state index contributed by atoms with van der Waals surface area (Å²) >= 11 is 0. The van der Waals surface area contributed by atoms with Crippen molar-refractivity contribution >= 4 is 22.3 Å². The summed E-state index contributed by atoms with van der Waals surface area (Å²) in [4.78, 5) is 28.1. The van der Waals surface area contributed by atoms with Gasteiger partial charge in [0.25, 0.3) is 16.3 Å². The van der Waals surface area contributed by atoms with Crippen LogP contribution < -0.4 is 4.72 Å². The lowest BCUT2D eigenvalue weighted by Gasteiger charge is -2.14. The zero-order chi connectivity index (χ0) is 35.6. The van der Waals surface area contributed by atoms with Gasteiger partial charge in [-0.2, -0.15) is 18.3 Å². The number of hydrazine groups is 1. The Morgan fingerprint density at radius 2 is 1.71 bits per heavy atom. The van der Waals surface area contributed by atoms with Crippen LogP contribution in [-0.4, -0.2) is 73.0 Å². The van der Waals surface area contributed by atoms with Gasteiger partial charge in [-0.25, -0.2) is 27.4 Å². The summed E-state index contributed by atoms with van der Waals surface area (Å²) in [5.41, 5.74) is 0.541. The van der Waals surface area contributed by atoms with Crippen LogP contribution in [0.25, 0.3) is 16.9 Å². The van der Waals surface area contributed by atoms with Crippen LogP contribution in [0.2, 0.25) is 0 Å². The third-order valence-electron chi connectivity index (χ3n) is 6.22. The van der Waals surface area contributed by atoms with E-state index in [2.05, 4.69) is 10.4 Å². The summed E-state index contributed by atoms with van der Waals surface area (Å²) in [6, 6.07) is 12.4. The van der Waals surface area contributed by atoms with Crippen molar-refractivity contribution in [3.63, 3.8) is 0 Å². The molecule has 3 rings (SSSR count). The number of hydrogen-bond donors (Lipinski definition) is 1. The van der Waals surface area contributed by atoms with Gasteiger partial charge in [0.2, 0.25) is 5.28 Å². The maximum Gasteiger partial charge on any atom is 0.511 e. The summed E-state index contributed by atoms with van der Waals surface area (Å²) in [5, 5.41) is 20.0. The Labute approximate surface area is 274 Å². The van der Waals surface area contributed by atoms with E-state index in [4.69, 9.17) is 19.0 Å². The van der Waals surface area contributed by atoms with Crippen LogP contribution >= 0.6 is 0 Å². The van der Waals surface area contributed by atoms with Crippen LogP contribution in [0.3, 0.4) is 0 Å². The third-order valence-corrected chi connectivity index (χ3v) is 7.55. The van der Waals surface area contributed by atoms with Gasteiger partial charge in [-0.15, -0.1) is 5.01 Å². The Hall–Kier alpha value is -5.07. The van der Waals surface area contributed by atoms with Crippen molar-refractivity contribution in [3.8, 4) is 16.9 Å². The molecule has 1 atom stereocenters. The molecule has 1 heterocycles. The fourth-order valence-corrected chi connectivity index (χ4v) is 4.74. The molecule has 48 heavy (non-hydrogen) atoms. The first kappa shape index (κ1) is 37.4. The monoisotopic (exact) mass is 700 g/mol.